The number of phenols is 1. The third kappa shape index (κ3) is 5.77. The fourth-order valence-electron chi connectivity index (χ4n) is 2.25. The van der Waals surface area contributed by atoms with Crippen LogP contribution in [-0.4, -0.2) is 17.7 Å². The summed E-state index contributed by atoms with van der Waals surface area (Å²) in [4.78, 5) is 22.2. The number of ether oxygens (including phenoxy) is 1. The van der Waals surface area contributed by atoms with E-state index >= 15 is 0 Å². The summed E-state index contributed by atoms with van der Waals surface area (Å²) in [6.07, 6.45) is 3.01. The average Bonchev–Trinajstić information content (AvgIpc) is 2.66. The number of benzene rings is 2. The first-order valence-corrected chi connectivity index (χ1v) is 8.56. The number of unbranched alkanes of at least 4 members (excludes halogenated alkanes) is 2. The van der Waals surface area contributed by atoms with Crippen LogP contribution in [0.5, 0.6) is 5.75 Å². The predicted octanol–water partition coefficient (Wildman–Crippen LogP) is 4.53. The molecule has 136 valence electrons. The van der Waals surface area contributed by atoms with Gasteiger partial charge in [-0.15, -0.1) is 0 Å². The normalized spacial score (nSPS) is 10.0. The Balaban J connectivity index is 0.000000195. The van der Waals surface area contributed by atoms with Crippen molar-refractivity contribution >= 4 is 16.9 Å². The highest BCUT2D eigenvalue weighted by atomic mass is 16.5. The van der Waals surface area contributed by atoms with Crippen LogP contribution >= 0.6 is 0 Å². The number of esters is 1. The second-order valence-corrected chi connectivity index (χ2v) is 5.65. The molecular formula is C21H22O5. The molecule has 0 amide bonds. The smallest absolute Gasteiger partial charge is 0.341 e. The number of hydrogen-bond donors (Lipinski definition) is 1. The van der Waals surface area contributed by atoms with Gasteiger partial charge in [0.25, 0.3) is 0 Å². The topological polar surface area (TPSA) is 76.7 Å². The van der Waals surface area contributed by atoms with Crippen molar-refractivity contribution in [3.63, 3.8) is 0 Å². The molecule has 0 atom stereocenters. The van der Waals surface area contributed by atoms with Crippen LogP contribution in [0, 0.1) is 0 Å². The summed E-state index contributed by atoms with van der Waals surface area (Å²) in [7, 11) is 0. The van der Waals surface area contributed by atoms with Gasteiger partial charge < -0.3 is 14.3 Å². The summed E-state index contributed by atoms with van der Waals surface area (Å²) in [6, 6.07) is 17.0. The molecule has 0 saturated heterocycles. The lowest BCUT2D eigenvalue weighted by atomic mass is 10.2. The van der Waals surface area contributed by atoms with Gasteiger partial charge in [0, 0.05) is 11.5 Å². The van der Waals surface area contributed by atoms with E-state index < -0.39 is 5.97 Å². The van der Waals surface area contributed by atoms with Gasteiger partial charge in [-0.05, 0) is 30.7 Å². The summed E-state index contributed by atoms with van der Waals surface area (Å²) >= 11 is 0. The van der Waals surface area contributed by atoms with Gasteiger partial charge in [0.1, 0.15) is 16.9 Å². The van der Waals surface area contributed by atoms with Crippen molar-refractivity contribution < 1.29 is 19.1 Å². The van der Waals surface area contributed by atoms with Crippen LogP contribution in [0.3, 0.4) is 0 Å². The predicted molar refractivity (Wildman–Crippen MR) is 100 cm³/mol. The van der Waals surface area contributed by atoms with Crippen LogP contribution in [-0.2, 0) is 4.74 Å². The van der Waals surface area contributed by atoms with Crippen LogP contribution in [0.15, 0.2) is 69.9 Å². The zero-order chi connectivity index (χ0) is 18.8. The van der Waals surface area contributed by atoms with E-state index in [1.165, 1.54) is 12.1 Å². The highest BCUT2D eigenvalue weighted by Crippen LogP contribution is 2.16. The minimum Gasteiger partial charge on any atom is -0.507 e. The van der Waals surface area contributed by atoms with E-state index in [4.69, 9.17) is 9.15 Å². The van der Waals surface area contributed by atoms with E-state index in [9.17, 15) is 14.7 Å². The lowest BCUT2D eigenvalue weighted by Gasteiger charge is -2.05. The molecule has 5 heteroatoms. The molecule has 0 saturated carbocycles. The Kier molecular flexibility index (Phi) is 7.43. The molecular weight excluding hydrogens is 332 g/mol. The van der Waals surface area contributed by atoms with E-state index in [2.05, 4.69) is 6.92 Å². The van der Waals surface area contributed by atoms with E-state index in [-0.39, 0.29) is 16.9 Å². The van der Waals surface area contributed by atoms with E-state index in [1.54, 1.807) is 30.3 Å². The summed E-state index contributed by atoms with van der Waals surface area (Å²) in [5, 5.41) is 10.3. The Morgan fingerprint density at radius 3 is 2.50 bits per heavy atom. The Morgan fingerprint density at radius 2 is 1.73 bits per heavy atom. The molecule has 0 radical (unpaired) electrons. The first-order valence-electron chi connectivity index (χ1n) is 8.56. The van der Waals surface area contributed by atoms with Crippen molar-refractivity contribution in [1.29, 1.82) is 0 Å². The van der Waals surface area contributed by atoms with Crippen LogP contribution < -0.4 is 5.63 Å². The summed E-state index contributed by atoms with van der Waals surface area (Å²) in [5.41, 5.74) is 0.567. The van der Waals surface area contributed by atoms with Gasteiger partial charge in [-0.1, -0.05) is 50.1 Å². The summed E-state index contributed by atoms with van der Waals surface area (Å²) in [6.45, 7) is 2.51. The van der Waals surface area contributed by atoms with Gasteiger partial charge in [-0.2, -0.15) is 0 Å². The number of para-hydroxylation sites is 2. The second-order valence-electron chi connectivity index (χ2n) is 5.65. The van der Waals surface area contributed by atoms with Gasteiger partial charge in [0.05, 0.1) is 6.61 Å². The number of phenolic OH excluding ortho intramolecular Hbond substituents is 1. The molecule has 1 aromatic heterocycles. The highest BCUT2D eigenvalue weighted by Gasteiger charge is 2.10. The summed E-state index contributed by atoms with van der Waals surface area (Å²) in [5.74, 6) is -0.484. The van der Waals surface area contributed by atoms with Crippen molar-refractivity contribution in [2.75, 3.05) is 6.61 Å². The SMILES string of the molecule is CCCCCOC(=O)c1ccccc1O.O=c1ccc2ccccc2o1. The average molecular weight is 354 g/mol. The summed E-state index contributed by atoms with van der Waals surface area (Å²) < 4.78 is 9.92. The highest BCUT2D eigenvalue weighted by molar-refractivity contribution is 5.92. The van der Waals surface area contributed by atoms with Gasteiger partial charge in [-0.3, -0.25) is 0 Å². The van der Waals surface area contributed by atoms with Crippen molar-refractivity contribution in [3.8, 4) is 5.75 Å². The molecule has 3 rings (SSSR count). The number of carbonyl (C=O) groups excluding carboxylic acids is 1. The Hall–Kier alpha value is -3.08. The Bertz CT molecular complexity index is 898. The molecule has 0 aliphatic carbocycles. The molecule has 2 aromatic carbocycles. The maximum Gasteiger partial charge on any atom is 0.341 e. The Labute approximate surface area is 151 Å². The monoisotopic (exact) mass is 354 g/mol. The molecule has 0 unspecified atom stereocenters. The zero-order valence-electron chi connectivity index (χ0n) is 14.7. The fraction of sp³-hybridized carbons (Fsp3) is 0.238. The fourth-order valence-corrected chi connectivity index (χ4v) is 2.25. The third-order valence-corrected chi connectivity index (χ3v) is 3.63. The maximum absolute atomic E-state index is 11.4. The van der Waals surface area contributed by atoms with Gasteiger partial charge in [0.2, 0.25) is 0 Å². The molecule has 0 fully saturated rings. The Morgan fingerprint density at radius 1 is 1.00 bits per heavy atom. The molecule has 1 heterocycles. The first-order chi connectivity index (χ1) is 12.6. The number of aromatic hydroxyl groups is 1. The number of hydrogen-bond acceptors (Lipinski definition) is 5. The van der Waals surface area contributed by atoms with E-state index in [1.807, 2.05) is 18.2 Å². The van der Waals surface area contributed by atoms with Crippen molar-refractivity contribution in [2.24, 2.45) is 0 Å². The lowest BCUT2D eigenvalue weighted by Crippen LogP contribution is -2.06. The number of fused-ring (bicyclic) bond motifs is 1. The van der Waals surface area contributed by atoms with Crippen LogP contribution in [0.1, 0.15) is 36.5 Å². The van der Waals surface area contributed by atoms with Gasteiger partial charge in [0.15, 0.2) is 0 Å². The molecule has 0 spiro atoms. The number of carbonyl (C=O) groups is 1. The van der Waals surface area contributed by atoms with Crippen molar-refractivity contribution in [1.82, 2.24) is 0 Å². The number of rotatable bonds is 5. The van der Waals surface area contributed by atoms with E-state index in [0.29, 0.717) is 12.2 Å². The van der Waals surface area contributed by atoms with Gasteiger partial charge >= 0.3 is 11.6 Å². The molecule has 3 aromatic rings. The van der Waals surface area contributed by atoms with Gasteiger partial charge in [-0.25, -0.2) is 9.59 Å². The zero-order valence-corrected chi connectivity index (χ0v) is 14.7. The maximum atomic E-state index is 11.4. The third-order valence-electron chi connectivity index (χ3n) is 3.63. The van der Waals surface area contributed by atoms with Crippen LogP contribution in [0.25, 0.3) is 11.0 Å². The van der Waals surface area contributed by atoms with Crippen LogP contribution in [0.4, 0.5) is 0 Å². The minimum atomic E-state index is -0.454. The molecule has 26 heavy (non-hydrogen) atoms. The second kappa shape index (κ2) is 10.0. The first kappa shape index (κ1) is 19.2. The molecule has 0 bridgehead atoms. The standard InChI is InChI=1S/C12H16O3.C9H6O2/c1-2-3-6-9-15-12(14)10-7-4-5-8-11(10)13;10-9-6-5-7-3-1-2-4-8(7)11-9/h4-5,7-8,13H,2-3,6,9H2,1H3;1-6H. The van der Waals surface area contributed by atoms with Crippen molar-refractivity contribution in [2.45, 2.75) is 26.2 Å². The quantitative estimate of drug-likeness (QED) is 0.414. The van der Waals surface area contributed by atoms with Crippen molar-refractivity contribution in [3.05, 3.63) is 76.6 Å². The largest absolute Gasteiger partial charge is 0.507 e. The lowest BCUT2D eigenvalue weighted by molar-refractivity contribution is 0.0495. The van der Waals surface area contributed by atoms with E-state index in [0.717, 1.165) is 24.6 Å². The molecule has 5 nitrogen and oxygen atoms in total. The molecule has 0 aliphatic heterocycles. The van der Waals surface area contributed by atoms with Crippen LogP contribution in [0.2, 0.25) is 0 Å². The molecule has 1 N–H and O–H groups in total. The minimum absolute atomic E-state index is 0.0296. The molecule has 0 aliphatic rings.